The highest BCUT2D eigenvalue weighted by Crippen LogP contribution is 2.34. The van der Waals surface area contributed by atoms with Gasteiger partial charge < -0.3 is 9.80 Å². The Hall–Kier alpha value is -3.77. The number of hydrogen-bond acceptors (Lipinski definition) is 4. The molecule has 40 heavy (non-hydrogen) atoms. The van der Waals surface area contributed by atoms with Crippen LogP contribution in [0.4, 0.5) is 5.69 Å². The van der Waals surface area contributed by atoms with Gasteiger partial charge in [0.1, 0.15) is 0 Å². The van der Waals surface area contributed by atoms with Crippen molar-refractivity contribution >= 4 is 23.4 Å². The fourth-order valence-corrected chi connectivity index (χ4v) is 5.77. The molecule has 1 saturated heterocycles. The van der Waals surface area contributed by atoms with Crippen molar-refractivity contribution in [2.24, 2.45) is 0 Å². The number of amides is 3. The molecule has 2 fully saturated rings. The summed E-state index contributed by atoms with van der Waals surface area (Å²) in [6, 6.07) is 26.5. The van der Waals surface area contributed by atoms with E-state index in [-0.39, 0.29) is 42.6 Å². The van der Waals surface area contributed by atoms with E-state index in [9.17, 15) is 14.4 Å². The summed E-state index contributed by atoms with van der Waals surface area (Å²) in [7, 11) is 0. The van der Waals surface area contributed by atoms with Crippen LogP contribution in [0.5, 0.6) is 0 Å². The fourth-order valence-electron chi connectivity index (χ4n) is 5.77. The number of benzene rings is 3. The molecule has 3 amide bonds. The van der Waals surface area contributed by atoms with Crippen molar-refractivity contribution in [3.8, 4) is 0 Å². The van der Waals surface area contributed by atoms with Crippen LogP contribution in [0, 0.1) is 0 Å². The Morgan fingerprint density at radius 1 is 0.725 bits per heavy atom. The zero-order chi connectivity index (χ0) is 27.9. The maximum atomic E-state index is 14.0. The highest BCUT2D eigenvalue weighted by molar-refractivity contribution is 6.16. The number of carbonyl (C=O) groups is 3. The topological polar surface area (TPSA) is 60.9 Å². The van der Waals surface area contributed by atoms with Gasteiger partial charge in [0.2, 0.25) is 11.8 Å². The van der Waals surface area contributed by atoms with Gasteiger partial charge in [0.25, 0.3) is 5.91 Å². The van der Waals surface area contributed by atoms with Crippen LogP contribution >= 0.6 is 0 Å². The second-order valence-corrected chi connectivity index (χ2v) is 11.0. The lowest BCUT2D eigenvalue weighted by Gasteiger charge is -2.39. The summed E-state index contributed by atoms with van der Waals surface area (Å²) in [5, 5.41) is 0. The minimum absolute atomic E-state index is 0.00394. The summed E-state index contributed by atoms with van der Waals surface area (Å²) in [5.41, 5.74) is 2.66. The molecule has 6 nitrogen and oxygen atoms in total. The molecule has 0 unspecified atom stereocenters. The van der Waals surface area contributed by atoms with Crippen LogP contribution in [-0.4, -0.2) is 59.2 Å². The number of piperidine rings is 1. The van der Waals surface area contributed by atoms with E-state index < -0.39 is 0 Å². The number of anilines is 1. The number of rotatable bonds is 10. The fraction of sp³-hybridized carbons (Fsp3) is 0.382. The Morgan fingerprint density at radius 3 is 1.80 bits per heavy atom. The van der Waals surface area contributed by atoms with Crippen LogP contribution in [0.3, 0.4) is 0 Å². The van der Waals surface area contributed by atoms with Gasteiger partial charge in [-0.25, -0.2) is 4.90 Å². The molecule has 1 aliphatic carbocycles. The summed E-state index contributed by atoms with van der Waals surface area (Å²) in [5.74, 6) is -0.609. The molecular formula is C34H39N3O3. The first kappa shape index (κ1) is 27.8. The summed E-state index contributed by atoms with van der Waals surface area (Å²) >= 11 is 0. The molecule has 1 heterocycles. The van der Waals surface area contributed by atoms with E-state index in [4.69, 9.17) is 0 Å². The Kier molecular flexibility index (Phi) is 9.07. The lowest BCUT2D eigenvalue weighted by Crippen LogP contribution is -2.48. The minimum atomic E-state index is -0.306. The number of hydrogen-bond donors (Lipinski definition) is 0. The number of likely N-dealkylation sites (tertiary alicyclic amines) is 1. The van der Waals surface area contributed by atoms with Crippen LogP contribution in [-0.2, 0) is 22.4 Å². The standard InChI is InChI=1S/C34H39N3O3/c1-2-20-35-21-18-30(19-22-35)36(29-16-17-29)34(40)28-14-9-15-31(25-28)37(32(38)23-26-10-5-3-6-11-26)33(39)24-27-12-7-4-8-13-27/h3-15,25,29-30H,2,16-24H2,1H3. The Morgan fingerprint density at radius 2 is 1.27 bits per heavy atom. The van der Waals surface area contributed by atoms with Crippen molar-refractivity contribution in [1.29, 1.82) is 0 Å². The molecule has 3 aromatic rings. The largest absolute Gasteiger partial charge is 0.333 e. The van der Waals surface area contributed by atoms with E-state index in [2.05, 4.69) is 16.7 Å². The molecule has 0 N–H and O–H groups in total. The van der Waals surface area contributed by atoms with Crippen molar-refractivity contribution in [3.05, 3.63) is 102 Å². The lowest BCUT2D eigenvalue weighted by molar-refractivity contribution is -0.125. The maximum Gasteiger partial charge on any atom is 0.254 e. The molecule has 1 saturated carbocycles. The molecule has 208 valence electrons. The van der Waals surface area contributed by atoms with Crippen molar-refractivity contribution in [2.75, 3.05) is 24.5 Å². The zero-order valence-electron chi connectivity index (χ0n) is 23.4. The molecule has 0 atom stereocenters. The number of carbonyl (C=O) groups excluding carboxylic acids is 3. The smallest absolute Gasteiger partial charge is 0.254 e. The van der Waals surface area contributed by atoms with Crippen molar-refractivity contribution in [3.63, 3.8) is 0 Å². The highest BCUT2D eigenvalue weighted by Gasteiger charge is 2.39. The number of imide groups is 1. The van der Waals surface area contributed by atoms with E-state index in [1.807, 2.05) is 66.7 Å². The van der Waals surface area contributed by atoms with Gasteiger partial charge in [-0.2, -0.15) is 0 Å². The van der Waals surface area contributed by atoms with Gasteiger partial charge >= 0.3 is 0 Å². The van der Waals surface area contributed by atoms with Crippen molar-refractivity contribution in [1.82, 2.24) is 9.80 Å². The van der Waals surface area contributed by atoms with E-state index in [1.165, 1.54) is 4.90 Å². The molecule has 6 heteroatoms. The van der Waals surface area contributed by atoms with Gasteiger partial charge in [-0.05, 0) is 68.0 Å². The predicted octanol–water partition coefficient (Wildman–Crippen LogP) is 5.51. The molecule has 5 rings (SSSR count). The normalized spacial score (nSPS) is 15.9. The quantitative estimate of drug-likeness (QED) is 0.342. The lowest BCUT2D eigenvalue weighted by atomic mass is 10.0. The zero-order valence-corrected chi connectivity index (χ0v) is 23.4. The van der Waals surface area contributed by atoms with Crippen molar-refractivity contribution in [2.45, 2.75) is 64.0 Å². The predicted molar refractivity (Wildman–Crippen MR) is 158 cm³/mol. The van der Waals surface area contributed by atoms with Gasteiger partial charge in [-0.1, -0.05) is 73.7 Å². The summed E-state index contributed by atoms with van der Waals surface area (Å²) in [4.78, 5) is 47.0. The monoisotopic (exact) mass is 537 g/mol. The Balaban J connectivity index is 1.39. The van der Waals surface area contributed by atoms with Gasteiger partial charge in [0.15, 0.2) is 0 Å². The maximum absolute atomic E-state index is 14.0. The average Bonchev–Trinajstić information content (AvgIpc) is 3.81. The summed E-state index contributed by atoms with van der Waals surface area (Å²) in [6.45, 7) is 5.35. The third-order valence-corrected chi connectivity index (χ3v) is 7.91. The second-order valence-electron chi connectivity index (χ2n) is 11.0. The average molecular weight is 538 g/mol. The molecule has 2 aliphatic rings. The van der Waals surface area contributed by atoms with Crippen LogP contribution in [0.2, 0.25) is 0 Å². The summed E-state index contributed by atoms with van der Waals surface area (Å²) in [6.07, 6.45) is 5.40. The van der Waals surface area contributed by atoms with Gasteiger partial charge in [-0.3, -0.25) is 14.4 Å². The first-order chi connectivity index (χ1) is 19.5. The van der Waals surface area contributed by atoms with Crippen LogP contribution in [0.25, 0.3) is 0 Å². The van der Waals surface area contributed by atoms with Crippen molar-refractivity contribution < 1.29 is 14.4 Å². The van der Waals surface area contributed by atoms with Gasteiger partial charge in [-0.15, -0.1) is 0 Å². The van der Waals surface area contributed by atoms with Gasteiger partial charge in [0.05, 0.1) is 18.5 Å². The van der Waals surface area contributed by atoms with E-state index >= 15 is 0 Å². The third-order valence-electron chi connectivity index (χ3n) is 7.91. The van der Waals surface area contributed by atoms with Gasteiger partial charge in [0, 0.05) is 30.7 Å². The van der Waals surface area contributed by atoms with Crippen LogP contribution < -0.4 is 4.90 Å². The second kappa shape index (κ2) is 13.1. The van der Waals surface area contributed by atoms with Crippen LogP contribution in [0.1, 0.15) is 60.5 Å². The highest BCUT2D eigenvalue weighted by atomic mass is 16.2. The van der Waals surface area contributed by atoms with E-state index in [0.717, 1.165) is 62.9 Å². The molecule has 0 spiro atoms. The van der Waals surface area contributed by atoms with Crippen LogP contribution in [0.15, 0.2) is 84.9 Å². The van der Waals surface area contributed by atoms with E-state index in [0.29, 0.717) is 11.3 Å². The first-order valence-corrected chi connectivity index (χ1v) is 14.6. The summed E-state index contributed by atoms with van der Waals surface area (Å²) < 4.78 is 0. The minimum Gasteiger partial charge on any atom is -0.333 e. The molecular weight excluding hydrogens is 498 g/mol. The molecule has 1 aliphatic heterocycles. The molecule has 3 aromatic carbocycles. The Bertz CT molecular complexity index is 1240. The SMILES string of the molecule is CCCN1CCC(N(C(=O)c2cccc(N(C(=O)Cc3ccccc3)C(=O)Cc3ccccc3)c2)C2CC2)CC1. The Labute approximate surface area is 237 Å². The van der Waals surface area contributed by atoms with E-state index in [1.54, 1.807) is 18.2 Å². The molecule has 0 radical (unpaired) electrons. The molecule has 0 bridgehead atoms. The molecule has 0 aromatic heterocycles. The first-order valence-electron chi connectivity index (χ1n) is 14.6. The third kappa shape index (κ3) is 6.86. The number of nitrogens with zero attached hydrogens (tertiary/aromatic N) is 3.